The molecule has 2 aromatic rings. The molecule has 1 aromatic heterocycles. The maximum absolute atomic E-state index is 13.6. The zero-order valence-corrected chi connectivity index (χ0v) is 10.7. The van der Waals surface area contributed by atoms with Crippen LogP contribution in [0, 0.1) is 5.82 Å². The molecule has 100 valence electrons. The van der Waals surface area contributed by atoms with Crippen LogP contribution in [0.1, 0.15) is 5.56 Å². The van der Waals surface area contributed by atoms with Crippen molar-refractivity contribution >= 4 is 23.2 Å². The average molecular weight is 283 g/mol. The van der Waals surface area contributed by atoms with Crippen LogP contribution in [0.5, 0.6) is 0 Å². The Hall–Kier alpha value is -2.08. The lowest BCUT2D eigenvalue weighted by Gasteiger charge is -2.05. The quantitative estimate of drug-likeness (QED) is 0.878. The van der Waals surface area contributed by atoms with Crippen LogP contribution in [-0.2, 0) is 17.9 Å². The van der Waals surface area contributed by atoms with Gasteiger partial charge in [-0.1, -0.05) is 23.7 Å². The molecule has 1 heterocycles. The minimum Gasteiger partial charge on any atom is -0.378 e. The van der Waals surface area contributed by atoms with Crippen molar-refractivity contribution in [3.63, 3.8) is 0 Å². The van der Waals surface area contributed by atoms with Crippen LogP contribution in [0.25, 0.3) is 0 Å². The van der Waals surface area contributed by atoms with Gasteiger partial charge in [0.2, 0.25) is 5.91 Å². The summed E-state index contributed by atoms with van der Waals surface area (Å²) >= 11 is 5.69. The zero-order valence-electron chi connectivity index (χ0n) is 9.94. The van der Waals surface area contributed by atoms with Gasteiger partial charge in [-0.05, 0) is 6.07 Å². The summed E-state index contributed by atoms with van der Waals surface area (Å²) in [7, 11) is 0. The molecule has 3 N–H and O–H groups in total. The molecule has 0 radical (unpaired) electrons. The summed E-state index contributed by atoms with van der Waals surface area (Å²) in [5.41, 5.74) is 6.17. The van der Waals surface area contributed by atoms with Gasteiger partial charge < -0.3 is 11.1 Å². The molecule has 1 amide bonds. The monoisotopic (exact) mass is 282 g/mol. The van der Waals surface area contributed by atoms with Crippen molar-refractivity contribution in [1.29, 1.82) is 0 Å². The van der Waals surface area contributed by atoms with Crippen LogP contribution < -0.4 is 11.1 Å². The number of rotatable bonds is 5. The number of carbonyl (C=O) groups is 1. The number of halogens is 2. The van der Waals surface area contributed by atoms with Crippen molar-refractivity contribution in [2.45, 2.75) is 13.1 Å². The molecule has 2 rings (SSSR count). The zero-order chi connectivity index (χ0) is 13.8. The molecular weight excluding hydrogens is 271 g/mol. The van der Waals surface area contributed by atoms with Gasteiger partial charge in [-0.3, -0.25) is 9.48 Å². The number of nitrogens with one attached hydrogen (secondary N) is 1. The van der Waals surface area contributed by atoms with Crippen LogP contribution in [0.3, 0.4) is 0 Å². The third-order valence-corrected chi connectivity index (χ3v) is 2.76. The number of nitrogens with two attached hydrogens (primary N) is 1. The number of primary amides is 1. The average Bonchev–Trinajstić information content (AvgIpc) is 2.78. The largest absolute Gasteiger partial charge is 0.378 e. The molecule has 19 heavy (non-hydrogen) atoms. The molecule has 0 fully saturated rings. The van der Waals surface area contributed by atoms with E-state index in [-0.39, 0.29) is 18.1 Å². The molecule has 0 aliphatic heterocycles. The normalized spacial score (nSPS) is 10.4. The Morgan fingerprint density at radius 2 is 2.32 bits per heavy atom. The molecule has 0 saturated carbocycles. The third-order valence-electron chi connectivity index (χ3n) is 2.47. The molecule has 0 bridgehead atoms. The van der Waals surface area contributed by atoms with E-state index < -0.39 is 11.7 Å². The van der Waals surface area contributed by atoms with Crippen LogP contribution in [0.2, 0.25) is 5.02 Å². The molecule has 0 aliphatic rings. The molecule has 0 saturated heterocycles. The minimum absolute atomic E-state index is 0.00715. The van der Waals surface area contributed by atoms with Crippen molar-refractivity contribution in [1.82, 2.24) is 9.78 Å². The number of amides is 1. The molecular formula is C12H12ClFN4O. The predicted molar refractivity (Wildman–Crippen MR) is 70.2 cm³/mol. The van der Waals surface area contributed by atoms with E-state index in [9.17, 15) is 9.18 Å². The second-order valence-corrected chi connectivity index (χ2v) is 4.37. The Morgan fingerprint density at radius 3 is 3.05 bits per heavy atom. The highest BCUT2D eigenvalue weighted by Crippen LogP contribution is 2.18. The molecule has 0 spiro atoms. The van der Waals surface area contributed by atoms with Crippen LogP contribution in [-0.4, -0.2) is 15.7 Å². The Kier molecular flexibility index (Phi) is 4.01. The Balaban J connectivity index is 2.00. The van der Waals surface area contributed by atoms with E-state index >= 15 is 0 Å². The van der Waals surface area contributed by atoms with Crippen molar-refractivity contribution in [2.75, 3.05) is 5.32 Å². The summed E-state index contributed by atoms with van der Waals surface area (Å²) < 4.78 is 15.0. The van der Waals surface area contributed by atoms with Gasteiger partial charge in [0.05, 0.1) is 16.9 Å². The number of carbonyl (C=O) groups excluding carboxylic acids is 1. The highest BCUT2D eigenvalue weighted by atomic mass is 35.5. The number of benzene rings is 1. The lowest BCUT2D eigenvalue weighted by Crippen LogP contribution is -2.18. The number of hydrogen-bond donors (Lipinski definition) is 2. The molecule has 0 aliphatic carbocycles. The second kappa shape index (κ2) is 5.71. The van der Waals surface area contributed by atoms with E-state index in [1.807, 2.05) is 0 Å². The Bertz CT molecular complexity index is 599. The van der Waals surface area contributed by atoms with Crippen LogP contribution in [0.15, 0.2) is 30.6 Å². The fourth-order valence-corrected chi connectivity index (χ4v) is 1.78. The topological polar surface area (TPSA) is 72.9 Å². The molecule has 7 heteroatoms. The van der Waals surface area contributed by atoms with Crippen molar-refractivity contribution in [3.05, 3.63) is 47.0 Å². The van der Waals surface area contributed by atoms with Crippen molar-refractivity contribution < 1.29 is 9.18 Å². The predicted octanol–water partition coefficient (Wildman–Crippen LogP) is 1.77. The fraction of sp³-hybridized carbons (Fsp3) is 0.167. The van der Waals surface area contributed by atoms with E-state index in [2.05, 4.69) is 10.4 Å². The Labute approximate surface area is 114 Å². The molecule has 1 aromatic carbocycles. The smallest absolute Gasteiger partial charge is 0.239 e. The highest BCUT2D eigenvalue weighted by Gasteiger charge is 2.06. The maximum Gasteiger partial charge on any atom is 0.239 e. The SMILES string of the molecule is NC(=O)Cn1cc(NCc2cccc(Cl)c2F)cn1. The first-order chi connectivity index (χ1) is 9.06. The van der Waals surface area contributed by atoms with Gasteiger partial charge >= 0.3 is 0 Å². The minimum atomic E-state index is -0.476. The summed E-state index contributed by atoms with van der Waals surface area (Å²) in [6.45, 7) is 0.280. The Morgan fingerprint density at radius 1 is 1.53 bits per heavy atom. The van der Waals surface area contributed by atoms with Crippen LogP contribution in [0.4, 0.5) is 10.1 Å². The molecule has 0 unspecified atom stereocenters. The summed E-state index contributed by atoms with van der Waals surface area (Å²) in [4.78, 5) is 10.7. The van der Waals surface area contributed by atoms with Gasteiger partial charge in [-0.25, -0.2) is 4.39 Å². The highest BCUT2D eigenvalue weighted by molar-refractivity contribution is 6.30. The van der Waals surface area contributed by atoms with E-state index in [1.165, 1.54) is 16.9 Å². The summed E-state index contributed by atoms with van der Waals surface area (Å²) in [5.74, 6) is -0.920. The van der Waals surface area contributed by atoms with Crippen molar-refractivity contribution in [3.8, 4) is 0 Å². The van der Waals surface area contributed by atoms with E-state index in [1.54, 1.807) is 18.3 Å². The van der Waals surface area contributed by atoms with E-state index in [0.717, 1.165) is 0 Å². The van der Waals surface area contributed by atoms with Gasteiger partial charge in [-0.2, -0.15) is 5.10 Å². The lowest BCUT2D eigenvalue weighted by atomic mass is 10.2. The van der Waals surface area contributed by atoms with Gasteiger partial charge in [0.1, 0.15) is 12.4 Å². The van der Waals surface area contributed by atoms with Crippen LogP contribution >= 0.6 is 11.6 Å². The summed E-state index contributed by atoms with van der Waals surface area (Å²) in [6.07, 6.45) is 3.15. The molecule has 0 atom stereocenters. The van der Waals surface area contributed by atoms with Gasteiger partial charge in [-0.15, -0.1) is 0 Å². The summed E-state index contributed by atoms with van der Waals surface area (Å²) in [6, 6.07) is 4.81. The second-order valence-electron chi connectivity index (χ2n) is 3.96. The summed E-state index contributed by atoms with van der Waals surface area (Å²) in [5, 5.41) is 7.02. The fourth-order valence-electron chi connectivity index (χ4n) is 1.58. The number of hydrogen-bond acceptors (Lipinski definition) is 3. The number of anilines is 1. The van der Waals surface area contributed by atoms with Gasteiger partial charge in [0.15, 0.2) is 0 Å². The first-order valence-electron chi connectivity index (χ1n) is 5.54. The van der Waals surface area contributed by atoms with E-state index in [0.29, 0.717) is 11.3 Å². The number of nitrogens with zero attached hydrogens (tertiary/aromatic N) is 2. The third kappa shape index (κ3) is 3.45. The van der Waals surface area contributed by atoms with Crippen molar-refractivity contribution in [2.24, 2.45) is 5.73 Å². The van der Waals surface area contributed by atoms with Gasteiger partial charge in [0.25, 0.3) is 0 Å². The number of aromatic nitrogens is 2. The maximum atomic E-state index is 13.6. The standard InChI is InChI=1S/C12H12ClFN4O/c13-10-3-1-2-8(12(10)14)4-16-9-5-17-18(6-9)7-11(15)19/h1-3,5-6,16H,4,7H2,(H2,15,19). The first kappa shape index (κ1) is 13.4. The first-order valence-corrected chi connectivity index (χ1v) is 5.91. The molecule has 5 nitrogen and oxygen atoms in total. The van der Waals surface area contributed by atoms with E-state index in [4.69, 9.17) is 17.3 Å². The lowest BCUT2D eigenvalue weighted by molar-refractivity contribution is -0.118. The van der Waals surface area contributed by atoms with Gasteiger partial charge in [0, 0.05) is 18.3 Å².